The molecule has 1 aliphatic heterocycles. The molecule has 1 aromatic heterocycles. The smallest absolute Gasteiger partial charge is 0.291 e. The van der Waals surface area contributed by atoms with Gasteiger partial charge in [0.1, 0.15) is 0 Å². The van der Waals surface area contributed by atoms with Crippen molar-refractivity contribution in [1.82, 2.24) is 25.0 Å². The largest absolute Gasteiger partial charge is 0.366 e. The second-order valence-electron chi connectivity index (χ2n) is 4.79. The number of hydrogen-bond acceptors (Lipinski definition) is 5. The number of piperidine rings is 1. The molecule has 1 aromatic rings. The topological polar surface area (TPSA) is 91.1 Å². The number of hydrogen-bond donors (Lipinski definition) is 2. The number of carbonyl (C=O) groups is 1. The molecule has 19 heavy (non-hydrogen) atoms. The number of anilines is 1. The first-order valence-electron chi connectivity index (χ1n) is 6.86. The van der Waals surface area contributed by atoms with E-state index in [9.17, 15) is 4.79 Å². The van der Waals surface area contributed by atoms with Crippen LogP contribution in [0.25, 0.3) is 0 Å². The van der Waals surface area contributed by atoms with Crippen LogP contribution in [0.1, 0.15) is 37.3 Å². The fraction of sp³-hybridized carbons (Fsp3) is 0.750. The lowest BCUT2D eigenvalue weighted by Gasteiger charge is -2.37. The Bertz CT molecular complexity index is 420. The van der Waals surface area contributed by atoms with Crippen LogP contribution in [0.4, 0.5) is 5.95 Å². The molecular weight excluding hydrogens is 244 g/mol. The molecule has 1 amide bonds. The summed E-state index contributed by atoms with van der Waals surface area (Å²) in [5.41, 5.74) is 5.41. The van der Waals surface area contributed by atoms with Crippen LogP contribution in [0, 0.1) is 0 Å². The highest BCUT2D eigenvalue weighted by Gasteiger charge is 2.27. The van der Waals surface area contributed by atoms with Crippen LogP contribution < -0.4 is 5.73 Å². The summed E-state index contributed by atoms with van der Waals surface area (Å²) in [6.45, 7) is 8.01. The highest BCUT2D eigenvalue weighted by atomic mass is 16.2. The van der Waals surface area contributed by atoms with Crippen LogP contribution in [0.2, 0.25) is 0 Å². The molecule has 0 bridgehead atoms. The number of H-pyrrole nitrogens is 1. The first-order valence-corrected chi connectivity index (χ1v) is 6.86. The van der Waals surface area contributed by atoms with Crippen molar-refractivity contribution in [1.29, 1.82) is 0 Å². The molecule has 0 aliphatic carbocycles. The van der Waals surface area contributed by atoms with E-state index < -0.39 is 0 Å². The van der Waals surface area contributed by atoms with Crippen molar-refractivity contribution < 1.29 is 4.79 Å². The van der Waals surface area contributed by atoms with Gasteiger partial charge in [-0.05, 0) is 25.9 Å². The normalized spacial score (nSPS) is 17.1. The molecule has 2 rings (SSSR count). The fourth-order valence-electron chi connectivity index (χ4n) is 2.69. The molecule has 2 heterocycles. The number of aromatic amines is 1. The Morgan fingerprint density at radius 2 is 2.05 bits per heavy atom. The Morgan fingerprint density at radius 1 is 1.42 bits per heavy atom. The van der Waals surface area contributed by atoms with Crippen LogP contribution in [0.3, 0.4) is 0 Å². The molecule has 7 heteroatoms. The Hall–Kier alpha value is -1.63. The van der Waals surface area contributed by atoms with Gasteiger partial charge in [-0.3, -0.25) is 9.89 Å². The maximum atomic E-state index is 12.2. The van der Waals surface area contributed by atoms with E-state index in [2.05, 4.69) is 33.9 Å². The number of rotatable bonds is 4. The van der Waals surface area contributed by atoms with Crippen LogP contribution in [-0.4, -0.2) is 63.1 Å². The number of aromatic nitrogens is 3. The summed E-state index contributed by atoms with van der Waals surface area (Å²) in [6, 6.07) is 0.582. The number of nitrogens with two attached hydrogens (primary N) is 1. The number of nitrogen functional groups attached to an aromatic ring is 1. The summed E-state index contributed by atoms with van der Waals surface area (Å²) in [7, 11) is 0. The number of nitrogens with zero attached hydrogens (tertiary/aromatic N) is 4. The molecule has 0 atom stereocenters. The maximum Gasteiger partial charge on any atom is 0.291 e. The zero-order valence-electron chi connectivity index (χ0n) is 11.6. The SMILES string of the molecule is CCN(CC)C1CCN(C(=O)c2nc(N)n[nH]2)CC1. The van der Waals surface area contributed by atoms with Crippen LogP contribution in [0.5, 0.6) is 0 Å². The van der Waals surface area contributed by atoms with E-state index in [0.29, 0.717) is 6.04 Å². The molecule has 106 valence electrons. The van der Waals surface area contributed by atoms with Crippen LogP contribution >= 0.6 is 0 Å². The Labute approximate surface area is 113 Å². The molecule has 7 nitrogen and oxygen atoms in total. The highest BCUT2D eigenvalue weighted by molar-refractivity contribution is 5.90. The zero-order chi connectivity index (χ0) is 13.8. The lowest BCUT2D eigenvalue weighted by Crippen LogP contribution is -2.46. The van der Waals surface area contributed by atoms with E-state index in [1.165, 1.54) is 0 Å². The molecule has 1 saturated heterocycles. The second kappa shape index (κ2) is 6.01. The Morgan fingerprint density at radius 3 is 2.53 bits per heavy atom. The van der Waals surface area contributed by atoms with Gasteiger partial charge in [0.25, 0.3) is 5.91 Å². The second-order valence-corrected chi connectivity index (χ2v) is 4.79. The van der Waals surface area contributed by atoms with E-state index in [4.69, 9.17) is 5.73 Å². The van der Waals surface area contributed by atoms with Gasteiger partial charge in [0.15, 0.2) is 0 Å². The van der Waals surface area contributed by atoms with Crippen molar-refractivity contribution in [3.05, 3.63) is 5.82 Å². The van der Waals surface area contributed by atoms with Gasteiger partial charge in [0.05, 0.1) is 0 Å². The van der Waals surface area contributed by atoms with Crippen LogP contribution in [0.15, 0.2) is 0 Å². The molecule has 1 aliphatic rings. The van der Waals surface area contributed by atoms with Crippen molar-refractivity contribution in [2.75, 3.05) is 31.9 Å². The predicted octanol–water partition coefficient (Wildman–Crippen LogP) is 0.333. The summed E-state index contributed by atoms with van der Waals surface area (Å²) >= 11 is 0. The average molecular weight is 266 g/mol. The first-order chi connectivity index (χ1) is 9.15. The third-order valence-corrected chi connectivity index (χ3v) is 3.79. The van der Waals surface area contributed by atoms with Crippen molar-refractivity contribution in [3.8, 4) is 0 Å². The van der Waals surface area contributed by atoms with Gasteiger partial charge in [-0.25, -0.2) is 0 Å². The lowest BCUT2D eigenvalue weighted by atomic mass is 10.0. The predicted molar refractivity (Wildman–Crippen MR) is 72.6 cm³/mol. The van der Waals surface area contributed by atoms with E-state index in [0.717, 1.165) is 39.0 Å². The molecular formula is C12H22N6O. The van der Waals surface area contributed by atoms with E-state index in [1.54, 1.807) is 0 Å². The monoisotopic (exact) mass is 266 g/mol. The van der Waals surface area contributed by atoms with Gasteiger partial charge in [-0.1, -0.05) is 13.8 Å². The summed E-state index contributed by atoms with van der Waals surface area (Å²) in [6.07, 6.45) is 2.02. The maximum absolute atomic E-state index is 12.2. The molecule has 3 N–H and O–H groups in total. The minimum atomic E-state index is -0.109. The molecule has 0 radical (unpaired) electrons. The molecule has 1 fully saturated rings. The minimum Gasteiger partial charge on any atom is -0.366 e. The van der Waals surface area contributed by atoms with E-state index in [-0.39, 0.29) is 17.7 Å². The van der Waals surface area contributed by atoms with Gasteiger partial charge < -0.3 is 15.5 Å². The van der Waals surface area contributed by atoms with Gasteiger partial charge >= 0.3 is 0 Å². The Balaban J connectivity index is 1.91. The molecule has 0 aromatic carbocycles. The number of amides is 1. The van der Waals surface area contributed by atoms with Gasteiger partial charge in [0.2, 0.25) is 11.8 Å². The van der Waals surface area contributed by atoms with Crippen molar-refractivity contribution in [2.45, 2.75) is 32.7 Å². The lowest BCUT2D eigenvalue weighted by molar-refractivity contribution is 0.0620. The molecule has 0 saturated carbocycles. The van der Waals surface area contributed by atoms with E-state index >= 15 is 0 Å². The molecule has 0 unspecified atom stereocenters. The van der Waals surface area contributed by atoms with E-state index in [1.807, 2.05) is 4.90 Å². The number of likely N-dealkylation sites (tertiary alicyclic amines) is 1. The van der Waals surface area contributed by atoms with Crippen LogP contribution in [-0.2, 0) is 0 Å². The highest BCUT2D eigenvalue weighted by Crippen LogP contribution is 2.17. The third-order valence-electron chi connectivity index (χ3n) is 3.79. The van der Waals surface area contributed by atoms with Crippen molar-refractivity contribution in [2.24, 2.45) is 0 Å². The summed E-state index contributed by atoms with van der Waals surface area (Å²) in [5, 5.41) is 6.26. The van der Waals surface area contributed by atoms with Gasteiger partial charge in [-0.2, -0.15) is 4.98 Å². The summed E-state index contributed by atoms with van der Waals surface area (Å²) in [5.74, 6) is 0.238. The fourth-order valence-corrected chi connectivity index (χ4v) is 2.69. The minimum absolute atomic E-state index is 0.109. The summed E-state index contributed by atoms with van der Waals surface area (Å²) in [4.78, 5) is 20.3. The van der Waals surface area contributed by atoms with Gasteiger partial charge in [0, 0.05) is 19.1 Å². The Kier molecular flexibility index (Phi) is 4.36. The van der Waals surface area contributed by atoms with Gasteiger partial charge in [-0.15, -0.1) is 5.10 Å². The third kappa shape index (κ3) is 3.04. The first kappa shape index (κ1) is 13.8. The zero-order valence-corrected chi connectivity index (χ0v) is 11.6. The molecule has 0 spiro atoms. The number of carbonyl (C=O) groups excluding carboxylic acids is 1. The van der Waals surface area contributed by atoms with Crippen molar-refractivity contribution in [3.63, 3.8) is 0 Å². The standard InChI is InChI=1S/C12H22N6O/c1-3-17(4-2)9-5-7-18(8-6-9)11(19)10-14-12(13)16-15-10/h9H,3-8H2,1-2H3,(H3,13,14,15,16). The quantitative estimate of drug-likeness (QED) is 0.819. The van der Waals surface area contributed by atoms with Crippen molar-refractivity contribution >= 4 is 11.9 Å². The average Bonchev–Trinajstić information content (AvgIpc) is 2.87. The summed E-state index contributed by atoms with van der Waals surface area (Å²) < 4.78 is 0. The number of nitrogens with one attached hydrogen (secondary N) is 1.